The molecule has 0 spiro atoms. The molecule has 1 aromatic rings. The predicted octanol–water partition coefficient (Wildman–Crippen LogP) is 1.27. The van der Waals surface area contributed by atoms with Gasteiger partial charge in [0, 0.05) is 37.9 Å². The number of nitrogens with two attached hydrogens (primary N) is 1. The molecule has 1 aliphatic carbocycles. The van der Waals surface area contributed by atoms with Crippen molar-refractivity contribution in [2.45, 2.75) is 31.9 Å². The van der Waals surface area contributed by atoms with E-state index < -0.39 is 0 Å². The third kappa shape index (κ3) is 2.43. The Morgan fingerprint density at radius 3 is 2.70 bits per heavy atom. The van der Waals surface area contributed by atoms with Gasteiger partial charge in [-0.3, -0.25) is 0 Å². The van der Waals surface area contributed by atoms with Gasteiger partial charge in [-0.25, -0.2) is 0 Å². The number of piperazine rings is 1. The number of hydrogen-bond acceptors (Lipinski definition) is 4. The van der Waals surface area contributed by atoms with E-state index in [4.69, 9.17) is 5.73 Å². The molecule has 1 unspecified atom stereocenters. The highest BCUT2D eigenvalue weighted by Gasteiger charge is 2.26. The molecule has 1 fully saturated rings. The largest absolute Gasteiger partial charge is 0.392 e. The van der Waals surface area contributed by atoms with Gasteiger partial charge in [0.05, 0.1) is 6.61 Å². The standard InChI is InChI=1S/C16H25N3O/c1-18-7-9-19(10-8-18)15-6-5-12(11-20)13-3-2-4-14(17)16(13)15/h5-6,14,20H,2-4,7-11,17H2,1H3. The van der Waals surface area contributed by atoms with Crippen LogP contribution in [0.25, 0.3) is 0 Å². The van der Waals surface area contributed by atoms with Crippen LogP contribution in [-0.4, -0.2) is 43.2 Å². The van der Waals surface area contributed by atoms with E-state index in [-0.39, 0.29) is 12.6 Å². The molecular formula is C16H25N3O. The number of rotatable bonds is 2. The SMILES string of the molecule is CN1CCN(c2ccc(CO)c3c2C(N)CCC3)CC1. The molecule has 1 saturated heterocycles. The van der Waals surface area contributed by atoms with Gasteiger partial charge in [-0.2, -0.15) is 0 Å². The number of benzene rings is 1. The molecule has 0 amide bonds. The minimum atomic E-state index is 0.123. The van der Waals surface area contributed by atoms with Crippen LogP contribution in [0.15, 0.2) is 12.1 Å². The predicted molar refractivity (Wildman–Crippen MR) is 81.9 cm³/mol. The minimum Gasteiger partial charge on any atom is -0.392 e. The zero-order valence-corrected chi connectivity index (χ0v) is 12.3. The Morgan fingerprint density at radius 1 is 1.25 bits per heavy atom. The van der Waals surface area contributed by atoms with Gasteiger partial charge in [0.25, 0.3) is 0 Å². The van der Waals surface area contributed by atoms with E-state index in [1.807, 2.05) is 0 Å². The second kappa shape index (κ2) is 5.72. The molecule has 110 valence electrons. The van der Waals surface area contributed by atoms with Crippen LogP contribution in [0, 0.1) is 0 Å². The Morgan fingerprint density at radius 2 is 2.00 bits per heavy atom. The molecule has 4 heteroatoms. The minimum absolute atomic E-state index is 0.123. The van der Waals surface area contributed by atoms with E-state index in [0.29, 0.717) is 0 Å². The van der Waals surface area contributed by atoms with E-state index in [9.17, 15) is 5.11 Å². The van der Waals surface area contributed by atoms with E-state index in [1.54, 1.807) is 0 Å². The zero-order chi connectivity index (χ0) is 14.1. The first-order valence-electron chi connectivity index (χ1n) is 7.65. The molecule has 3 rings (SSSR count). The van der Waals surface area contributed by atoms with Crippen molar-refractivity contribution < 1.29 is 5.11 Å². The first kappa shape index (κ1) is 13.9. The molecule has 0 radical (unpaired) electrons. The van der Waals surface area contributed by atoms with E-state index in [0.717, 1.165) is 51.0 Å². The number of hydrogen-bond donors (Lipinski definition) is 2. The van der Waals surface area contributed by atoms with Crippen LogP contribution in [-0.2, 0) is 13.0 Å². The Balaban J connectivity index is 1.99. The van der Waals surface area contributed by atoms with E-state index in [2.05, 4.69) is 29.0 Å². The molecule has 1 aliphatic heterocycles. The molecule has 1 aromatic carbocycles. The van der Waals surface area contributed by atoms with Gasteiger partial charge in [-0.05, 0) is 49.1 Å². The van der Waals surface area contributed by atoms with Crippen molar-refractivity contribution in [1.82, 2.24) is 4.90 Å². The lowest BCUT2D eigenvalue weighted by atomic mass is 9.83. The maximum atomic E-state index is 9.55. The fraction of sp³-hybridized carbons (Fsp3) is 0.625. The average Bonchev–Trinajstić information content (AvgIpc) is 2.47. The normalized spacial score (nSPS) is 23.8. The van der Waals surface area contributed by atoms with Crippen molar-refractivity contribution in [2.24, 2.45) is 5.73 Å². The maximum Gasteiger partial charge on any atom is 0.0684 e. The average molecular weight is 275 g/mol. The summed E-state index contributed by atoms with van der Waals surface area (Å²) in [6.07, 6.45) is 3.25. The lowest BCUT2D eigenvalue weighted by Gasteiger charge is -2.38. The topological polar surface area (TPSA) is 52.7 Å². The monoisotopic (exact) mass is 275 g/mol. The van der Waals surface area contributed by atoms with Gasteiger partial charge in [-0.15, -0.1) is 0 Å². The van der Waals surface area contributed by atoms with Crippen LogP contribution >= 0.6 is 0 Å². The van der Waals surface area contributed by atoms with Crippen LogP contribution in [0.3, 0.4) is 0 Å². The highest BCUT2D eigenvalue weighted by molar-refractivity contribution is 5.61. The summed E-state index contributed by atoms with van der Waals surface area (Å²) in [4.78, 5) is 4.83. The Kier molecular flexibility index (Phi) is 3.96. The van der Waals surface area contributed by atoms with Crippen LogP contribution in [0.2, 0.25) is 0 Å². The maximum absolute atomic E-state index is 9.55. The van der Waals surface area contributed by atoms with Crippen LogP contribution in [0.4, 0.5) is 5.69 Å². The van der Waals surface area contributed by atoms with Gasteiger partial charge in [0.2, 0.25) is 0 Å². The van der Waals surface area contributed by atoms with Crippen LogP contribution < -0.4 is 10.6 Å². The second-order valence-electron chi connectivity index (χ2n) is 6.08. The summed E-state index contributed by atoms with van der Waals surface area (Å²) in [7, 11) is 2.17. The summed E-state index contributed by atoms with van der Waals surface area (Å²) in [6.45, 7) is 4.46. The van der Waals surface area contributed by atoms with E-state index >= 15 is 0 Å². The summed E-state index contributed by atoms with van der Waals surface area (Å²) in [6, 6.07) is 4.38. The first-order valence-corrected chi connectivity index (χ1v) is 7.65. The molecule has 1 heterocycles. The lowest BCUT2D eigenvalue weighted by molar-refractivity contribution is 0.279. The molecule has 0 bridgehead atoms. The first-order chi connectivity index (χ1) is 9.70. The third-order valence-electron chi connectivity index (χ3n) is 4.76. The molecule has 1 atom stereocenters. The van der Waals surface area contributed by atoms with Crippen molar-refractivity contribution >= 4 is 5.69 Å². The van der Waals surface area contributed by atoms with Crippen LogP contribution in [0.5, 0.6) is 0 Å². The molecule has 3 N–H and O–H groups in total. The summed E-state index contributed by atoms with van der Waals surface area (Å²) in [5.74, 6) is 0. The van der Waals surface area contributed by atoms with Gasteiger partial charge in [-0.1, -0.05) is 6.07 Å². The molecule has 20 heavy (non-hydrogen) atoms. The Hall–Kier alpha value is -1.10. The highest BCUT2D eigenvalue weighted by Crippen LogP contribution is 2.38. The molecule has 0 saturated carbocycles. The number of aliphatic hydroxyl groups is 1. The highest BCUT2D eigenvalue weighted by atomic mass is 16.3. The fourth-order valence-electron chi connectivity index (χ4n) is 3.52. The van der Waals surface area contributed by atoms with Crippen molar-refractivity contribution in [2.75, 3.05) is 38.1 Å². The summed E-state index contributed by atoms with van der Waals surface area (Å²) in [5.41, 5.74) is 11.4. The smallest absolute Gasteiger partial charge is 0.0684 e. The molecule has 2 aliphatic rings. The van der Waals surface area contributed by atoms with Crippen LogP contribution in [0.1, 0.15) is 35.6 Å². The van der Waals surface area contributed by atoms with Crippen molar-refractivity contribution in [3.63, 3.8) is 0 Å². The molecule has 0 aromatic heterocycles. The van der Waals surface area contributed by atoms with Gasteiger partial charge in [0.1, 0.15) is 0 Å². The van der Waals surface area contributed by atoms with Crippen molar-refractivity contribution in [3.05, 3.63) is 28.8 Å². The summed E-state index contributed by atoms with van der Waals surface area (Å²) >= 11 is 0. The number of nitrogens with zero attached hydrogens (tertiary/aromatic N) is 2. The lowest BCUT2D eigenvalue weighted by Crippen LogP contribution is -2.45. The fourth-order valence-corrected chi connectivity index (χ4v) is 3.52. The number of anilines is 1. The summed E-state index contributed by atoms with van der Waals surface area (Å²) < 4.78 is 0. The van der Waals surface area contributed by atoms with Gasteiger partial charge in [0.15, 0.2) is 0 Å². The van der Waals surface area contributed by atoms with Gasteiger partial charge >= 0.3 is 0 Å². The Bertz CT molecular complexity index is 481. The third-order valence-corrected chi connectivity index (χ3v) is 4.76. The van der Waals surface area contributed by atoms with E-state index in [1.165, 1.54) is 16.8 Å². The number of likely N-dealkylation sites (N-methyl/N-ethyl adjacent to an activating group) is 1. The summed E-state index contributed by atoms with van der Waals surface area (Å²) in [5, 5.41) is 9.55. The molecule has 4 nitrogen and oxygen atoms in total. The number of aliphatic hydroxyl groups excluding tert-OH is 1. The zero-order valence-electron chi connectivity index (χ0n) is 12.3. The van der Waals surface area contributed by atoms with Gasteiger partial charge < -0.3 is 20.6 Å². The molecular weight excluding hydrogens is 250 g/mol. The second-order valence-corrected chi connectivity index (χ2v) is 6.08. The van der Waals surface area contributed by atoms with Crippen molar-refractivity contribution in [3.8, 4) is 0 Å². The van der Waals surface area contributed by atoms with Crippen molar-refractivity contribution in [1.29, 1.82) is 0 Å². The Labute approximate surface area is 121 Å². The number of fused-ring (bicyclic) bond motifs is 1. The quantitative estimate of drug-likeness (QED) is 0.853.